The van der Waals surface area contributed by atoms with E-state index < -0.39 is 5.67 Å². The normalized spacial score (nSPS) is 12.2. The van der Waals surface area contributed by atoms with Crippen molar-refractivity contribution in [1.82, 2.24) is 9.78 Å². The van der Waals surface area contributed by atoms with Crippen LogP contribution in [-0.4, -0.2) is 9.78 Å². The van der Waals surface area contributed by atoms with Gasteiger partial charge in [-0.05, 0) is 50.5 Å². The third kappa shape index (κ3) is 2.86. The standard InChI is InChI=1S/C16H21FN2/c1-11(2)15-10-12(3)18-19(15)14-8-6-13(7-9-14)16(4,5)17/h6-11H,1-5H3. The van der Waals surface area contributed by atoms with Crippen LogP contribution in [0, 0.1) is 6.92 Å². The number of aromatic nitrogens is 2. The van der Waals surface area contributed by atoms with Crippen LogP contribution in [0.1, 0.15) is 50.6 Å². The largest absolute Gasteiger partial charge is 0.239 e. The quantitative estimate of drug-likeness (QED) is 0.794. The van der Waals surface area contributed by atoms with E-state index in [9.17, 15) is 4.39 Å². The summed E-state index contributed by atoms with van der Waals surface area (Å²) in [6.07, 6.45) is 0. The van der Waals surface area contributed by atoms with Crippen LogP contribution in [0.15, 0.2) is 30.3 Å². The molecule has 0 bridgehead atoms. The molecule has 102 valence electrons. The predicted molar refractivity (Wildman–Crippen MR) is 76.5 cm³/mol. The van der Waals surface area contributed by atoms with E-state index in [-0.39, 0.29) is 0 Å². The van der Waals surface area contributed by atoms with Gasteiger partial charge in [-0.25, -0.2) is 9.07 Å². The summed E-state index contributed by atoms with van der Waals surface area (Å²) in [5, 5.41) is 4.52. The van der Waals surface area contributed by atoms with Crippen molar-refractivity contribution in [3.8, 4) is 5.69 Å². The number of nitrogens with zero attached hydrogens (tertiary/aromatic N) is 2. The monoisotopic (exact) mass is 260 g/mol. The van der Waals surface area contributed by atoms with Gasteiger partial charge in [-0.15, -0.1) is 0 Å². The Morgan fingerprint density at radius 2 is 1.74 bits per heavy atom. The topological polar surface area (TPSA) is 17.8 Å². The molecule has 0 aliphatic rings. The highest BCUT2D eigenvalue weighted by Crippen LogP contribution is 2.26. The summed E-state index contributed by atoms with van der Waals surface area (Å²) in [6.45, 7) is 9.42. The van der Waals surface area contributed by atoms with E-state index in [1.807, 2.05) is 35.9 Å². The lowest BCUT2D eigenvalue weighted by Crippen LogP contribution is -2.09. The Morgan fingerprint density at radius 1 is 1.16 bits per heavy atom. The summed E-state index contributed by atoms with van der Waals surface area (Å²) in [5.74, 6) is 0.401. The Balaban J connectivity index is 2.43. The molecular formula is C16H21FN2. The molecular weight excluding hydrogens is 239 g/mol. The van der Waals surface area contributed by atoms with E-state index in [2.05, 4.69) is 25.0 Å². The van der Waals surface area contributed by atoms with E-state index in [1.165, 1.54) is 5.69 Å². The second kappa shape index (κ2) is 4.80. The van der Waals surface area contributed by atoms with Crippen molar-refractivity contribution in [1.29, 1.82) is 0 Å². The van der Waals surface area contributed by atoms with E-state index in [0.717, 1.165) is 11.4 Å². The van der Waals surface area contributed by atoms with Crippen LogP contribution in [0.25, 0.3) is 5.69 Å². The third-order valence-corrected chi connectivity index (χ3v) is 3.25. The molecule has 0 unspecified atom stereocenters. The predicted octanol–water partition coefficient (Wildman–Crippen LogP) is 4.51. The van der Waals surface area contributed by atoms with Crippen molar-refractivity contribution in [3.05, 3.63) is 47.3 Å². The number of hydrogen-bond acceptors (Lipinski definition) is 1. The van der Waals surface area contributed by atoms with Crippen LogP contribution in [0.2, 0.25) is 0 Å². The molecule has 0 atom stereocenters. The first-order valence-electron chi connectivity index (χ1n) is 6.65. The molecule has 0 aliphatic carbocycles. The second-order valence-electron chi connectivity index (χ2n) is 5.80. The van der Waals surface area contributed by atoms with Gasteiger partial charge in [-0.3, -0.25) is 0 Å². The average Bonchev–Trinajstić information content (AvgIpc) is 2.70. The lowest BCUT2D eigenvalue weighted by molar-refractivity contribution is 0.221. The molecule has 0 saturated carbocycles. The van der Waals surface area contributed by atoms with E-state index in [1.54, 1.807) is 13.8 Å². The second-order valence-corrected chi connectivity index (χ2v) is 5.80. The van der Waals surface area contributed by atoms with Crippen molar-refractivity contribution in [3.63, 3.8) is 0 Å². The lowest BCUT2D eigenvalue weighted by atomic mass is 10.00. The zero-order valence-corrected chi connectivity index (χ0v) is 12.2. The Labute approximate surface area is 114 Å². The Morgan fingerprint density at radius 3 is 2.21 bits per heavy atom. The van der Waals surface area contributed by atoms with Gasteiger partial charge in [0.05, 0.1) is 11.4 Å². The molecule has 1 aromatic carbocycles. The van der Waals surface area contributed by atoms with Crippen LogP contribution in [0.5, 0.6) is 0 Å². The summed E-state index contributed by atoms with van der Waals surface area (Å²) in [6, 6.07) is 9.61. The highest BCUT2D eigenvalue weighted by molar-refractivity contribution is 5.38. The zero-order chi connectivity index (χ0) is 14.2. The minimum absolute atomic E-state index is 0.401. The Bertz CT molecular complexity index is 559. The first-order chi connectivity index (χ1) is 8.79. The summed E-state index contributed by atoms with van der Waals surface area (Å²) < 4.78 is 15.8. The van der Waals surface area contributed by atoms with Crippen molar-refractivity contribution in [2.24, 2.45) is 0 Å². The molecule has 2 nitrogen and oxygen atoms in total. The molecule has 3 heteroatoms. The maximum absolute atomic E-state index is 13.8. The maximum Gasteiger partial charge on any atom is 0.130 e. The van der Waals surface area contributed by atoms with E-state index in [4.69, 9.17) is 0 Å². The van der Waals surface area contributed by atoms with Crippen LogP contribution >= 0.6 is 0 Å². The number of halogens is 1. The molecule has 0 radical (unpaired) electrons. The summed E-state index contributed by atoms with van der Waals surface area (Å²) in [5.41, 5.74) is 2.53. The number of alkyl halides is 1. The van der Waals surface area contributed by atoms with E-state index in [0.29, 0.717) is 11.5 Å². The van der Waals surface area contributed by atoms with E-state index >= 15 is 0 Å². The highest BCUT2D eigenvalue weighted by Gasteiger charge is 2.18. The fraction of sp³-hybridized carbons (Fsp3) is 0.438. The molecule has 1 heterocycles. The van der Waals surface area contributed by atoms with Gasteiger partial charge in [0.1, 0.15) is 5.67 Å². The van der Waals surface area contributed by atoms with Crippen molar-refractivity contribution < 1.29 is 4.39 Å². The van der Waals surface area contributed by atoms with Crippen molar-refractivity contribution >= 4 is 0 Å². The van der Waals surface area contributed by atoms with Crippen LogP contribution < -0.4 is 0 Å². The summed E-state index contributed by atoms with van der Waals surface area (Å²) in [7, 11) is 0. The van der Waals surface area contributed by atoms with Gasteiger partial charge in [0, 0.05) is 5.69 Å². The van der Waals surface area contributed by atoms with Gasteiger partial charge in [0.2, 0.25) is 0 Å². The van der Waals surface area contributed by atoms with Crippen LogP contribution in [0.3, 0.4) is 0 Å². The molecule has 0 aliphatic heterocycles. The van der Waals surface area contributed by atoms with Crippen LogP contribution in [0.4, 0.5) is 4.39 Å². The molecule has 19 heavy (non-hydrogen) atoms. The van der Waals surface area contributed by atoms with Gasteiger partial charge in [0.25, 0.3) is 0 Å². The number of aryl methyl sites for hydroxylation is 1. The molecule has 0 fully saturated rings. The molecule has 2 aromatic rings. The Hall–Kier alpha value is -1.64. The Kier molecular flexibility index (Phi) is 3.48. The fourth-order valence-electron chi connectivity index (χ4n) is 2.14. The molecule has 0 N–H and O–H groups in total. The minimum atomic E-state index is -1.31. The summed E-state index contributed by atoms with van der Waals surface area (Å²) >= 11 is 0. The molecule has 2 rings (SSSR count). The third-order valence-electron chi connectivity index (χ3n) is 3.25. The SMILES string of the molecule is Cc1cc(C(C)C)n(-c2ccc(C(C)(C)F)cc2)n1. The zero-order valence-electron chi connectivity index (χ0n) is 12.2. The first kappa shape index (κ1) is 13.8. The molecule has 0 spiro atoms. The van der Waals surface area contributed by atoms with Crippen molar-refractivity contribution in [2.75, 3.05) is 0 Å². The lowest BCUT2D eigenvalue weighted by Gasteiger charge is -2.16. The molecule has 1 aromatic heterocycles. The van der Waals surface area contributed by atoms with Gasteiger partial charge in [-0.1, -0.05) is 26.0 Å². The smallest absolute Gasteiger partial charge is 0.130 e. The fourth-order valence-corrected chi connectivity index (χ4v) is 2.14. The highest BCUT2D eigenvalue weighted by atomic mass is 19.1. The van der Waals surface area contributed by atoms with Crippen molar-refractivity contribution in [2.45, 2.75) is 46.2 Å². The number of benzene rings is 1. The van der Waals surface area contributed by atoms with Gasteiger partial charge < -0.3 is 0 Å². The van der Waals surface area contributed by atoms with Gasteiger partial charge >= 0.3 is 0 Å². The molecule has 0 amide bonds. The average molecular weight is 260 g/mol. The first-order valence-corrected chi connectivity index (χ1v) is 6.65. The maximum atomic E-state index is 13.8. The molecule has 0 saturated heterocycles. The number of hydrogen-bond donors (Lipinski definition) is 0. The van der Waals surface area contributed by atoms with Crippen LogP contribution in [-0.2, 0) is 5.67 Å². The summed E-state index contributed by atoms with van der Waals surface area (Å²) in [4.78, 5) is 0. The minimum Gasteiger partial charge on any atom is -0.239 e. The van der Waals surface area contributed by atoms with Gasteiger partial charge in [0.15, 0.2) is 0 Å². The van der Waals surface area contributed by atoms with Gasteiger partial charge in [-0.2, -0.15) is 5.10 Å². The number of rotatable bonds is 3.